The molecule has 0 fully saturated rings. The molecule has 0 aromatic heterocycles. The number of hydrogen-bond donors (Lipinski definition) is 2. The fraction of sp³-hybridized carbons (Fsp3) is 0.368. The largest absolute Gasteiger partial charge is 0.354 e. The smallest absolute Gasteiger partial charge is 0.251 e. The van der Waals surface area contributed by atoms with Crippen molar-refractivity contribution >= 4 is 22.6 Å². The number of benzene rings is 2. The average molecular weight is 312 g/mol. The van der Waals surface area contributed by atoms with Crippen molar-refractivity contribution in [2.75, 3.05) is 13.1 Å². The van der Waals surface area contributed by atoms with Gasteiger partial charge in [-0.25, -0.2) is 0 Å². The van der Waals surface area contributed by atoms with Gasteiger partial charge in [-0.05, 0) is 22.3 Å². The van der Waals surface area contributed by atoms with E-state index < -0.39 is 0 Å². The average Bonchev–Trinajstić information content (AvgIpc) is 2.49. The molecule has 2 rings (SSSR count). The molecule has 0 aliphatic carbocycles. The van der Waals surface area contributed by atoms with Gasteiger partial charge in [0, 0.05) is 25.1 Å². The van der Waals surface area contributed by atoms with Crippen LogP contribution in [-0.2, 0) is 4.79 Å². The van der Waals surface area contributed by atoms with Crippen LogP contribution < -0.4 is 10.6 Å². The van der Waals surface area contributed by atoms with Gasteiger partial charge in [-0.15, -0.1) is 0 Å². The Morgan fingerprint density at radius 1 is 0.913 bits per heavy atom. The van der Waals surface area contributed by atoms with Gasteiger partial charge in [-0.3, -0.25) is 9.59 Å². The van der Waals surface area contributed by atoms with Crippen molar-refractivity contribution in [3.63, 3.8) is 0 Å². The lowest BCUT2D eigenvalue weighted by molar-refractivity contribution is -0.122. The Kier molecular flexibility index (Phi) is 5.37. The Bertz CT molecular complexity index is 697. The molecule has 23 heavy (non-hydrogen) atoms. The van der Waals surface area contributed by atoms with E-state index in [0.717, 1.165) is 10.8 Å². The monoisotopic (exact) mass is 312 g/mol. The Morgan fingerprint density at radius 2 is 1.57 bits per heavy atom. The molecule has 0 aliphatic rings. The molecule has 2 amide bonds. The highest BCUT2D eigenvalue weighted by Gasteiger charge is 2.15. The van der Waals surface area contributed by atoms with E-state index in [0.29, 0.717) is 25.1 Å². The van der Waals surface area contributed by atoms with E-state index in [4.69, 9.17) is 0 Å². The van der Waals surface area contributed by atoms with E-state index in [1.165, 1.54) is 0 Å². The summed E-state index contributed by atoms with van der Waals surface area (Å²) < 4.78 is 0. The third kappa shape index (κ3) is 5.09. The zero-order valence-corrected chi connectivity index (χ0v) is 14.0. The number of fused-ring (bicyclic) bond motifs is 1. The fourth-order valence-corrected chi connectivity index (χ4v) is 2.44. The van der Waals surface area contributed by atoms with Crippen molar-refractivity contribution in [2.45, 2.75) is 27.2 Å². The Labute approximate surface area is 137 Å². The molecule has 0 saturated carbocycles. The van der Waals surface area contributed by atoms with E-state index >= 15 is 0 Å². The molecule has 0 aliphatic heterocycles. The maximum Gasteiger partial charge on any atom is 0.251 e. The number of nitrogens with one attached hydrogen (secondary N) is 2. The summed E-state index contributed by atoms with van der Waals surface area (Å²) in [5.41, 5.74) is 0.625. The van der Waals surface area contributed by atoms with E-state index in [1.54, 1.807) is 0 Å². The summed E-state index contributed by atoms with van der Waals surface area (Å²) in [4.78, 5) is 24.0. The summed E-state index contributed by atoms with van der Waals surface area (Å²) in [5, 5.41) is 7.66. The molecule has 0 radical (unpaired) electrons. The standard InChI is InChI=1S/C19H24N2O2/c1-19(2,3)13-17(22)20-11-12-21-18(23)16-10-6-8-14-7-4-5-9-15(14)16/h4-10H,11-13H2,1-3H3,(H,20,22)(H,21,23). The second-order valence-corrected chi connectivity index (χ2v) is 6.87. The van der Waals surface area contributed by atoms with Crippen molar-refractivity contribution in [1.29, 1.82) is 0 Å². The number of rotatable bonds is 5. The predicted octanol–water partition coefficient (Wildman–Crippen LogP) is 3.12. The molecular weight excluding hydrogens is 288 g/mol. The minimum Gasteiger partial charge on any atom is -0.354 e. The maximum atomic E-state index is 12.3. The molecule has 0 saturated heterocycles. The summed E-state index contributed by atoms with van der Waals surface area (Å²) >= 11 is 0. The molecule has 2 aromatic rings. The molecule has 4 heteroatoms. The van der Waals surface area contributed by atoms with E-state index in [9.17, 15) is 9.59 Å². The topological polar surface area (TPSA) is 58.2 Å². The van der Waals surface area contributed by atoms with Crippen LogP contribution in [0.25, 0.3) is 10.8 Å². The maximum absolute atomic E-state index is 12.3. The van der Waals surface area contributed by atoms with E-state index in [1.807, 2.05) is 63.2 Å². The molecule has 2 N–H and O–H groups in total. The predicted molar refractivity (Wildman–Crippen MR) is 93.4 cm³/mol. The van der Waals surface area contributed by atoms with Crippen molar-refractivity contribution in [2.24, 2.45) is 5.41 Å². The second kappa shape index (κ2) is 7.27. The van der Waals surface area contributed by atoms with Crippen LogP contribution in [0.5, 0.6) is 0 Å². The molecule has 0 heterocycles. The van der Waals surface area contributed by atoms with Crippen molar-refractivity contribution < 1.29 is 9.59 Å². The van der Waals surface area contributed by atoms with Gasteiger partial charge >= 0.3 is 0 Å². The van der Waals surface area contributed by atoms with Crippen LogP contribution in [0.3, 0.4) is 0 Å². The number of carbonyl (C=O) groups excluding carboxylic acids is 2. The summed E-state index contributed by atoms with van der Waals surface area (Å²) in [6.07, 6.45) is 0.476. The molecule has 0 spiro atoms. The summed E-state index contributed by atoms with van der Waals surface area (Å²) in [6.45, 7) is 6.92. The first kappa shape index (κ1) is 17.0. The highest BCUT2D eigenvalue weighted by atomic mass is 16.2. The van der Waals surface area contributed by atoms with Crippen LogP contribution in [0.4, 0.5) is 0 Å². The highest BCUT2D eigenvalue weighted by molar-refractivity contribution is 6.07. The minimum atomic E-state index is -0.119. The normalized spacial score (nSPS) is 11.3. The number of hydrogen-bond acceptors (Lipinski definition) is 2. The quantitative estimate of drug-likeness (QED) is 0.833. The van der Waals surface area contributed by atoms with Gasteiger partial charge in [0.2, 0.25) is 5.91 Å². The van der Waals surface area contributed by atoms with Crippen LogP contribution in [-0.4, -0.2) is 24.9 Å². The summed E-state index contributed by atoms with van der Waals surface area (Å²) in [6, 6.07) is 13.5. The van der Waals surface area contributed by atoms with Gasteiger partial charge < -0.3 is 10.6 Å². The zero-order valence-electron chi connectivity index (χ0n) is 14.0. The first-order chi connectivity index (χ1) is 10.9. The van der Waals surface area contributed by atoms with Crippen molar-refractivity contribution in [1.82, 2.24) is 10.6 Å². The zero-order chi connectivity index (χ0) is 16.9. The summed E-state index contributed by atoms with van der Waals surface area (Å²) in [5.74, 6) is -0.108. The molecule has 0 bridgehead atoms. The first-order valence-corrected chi connectivity index (χ1v) is 7.89. The van der Waals surface area contributed by atoms with Crippen LogP contribution >= 0.6 is 0 Å². The van der Waals surface area contributed by atoms with Gasteiger partial charge in [0.1, 0.15) is 0 Å². The second-order valence-electron chi connectivity index (χ2n) is 6.87. The van der Waals surface area contributed by atoms with Gasteiger partial charge in [0.15, 0.2) is 0 Å². The van der Waals surface area contributed by atoms with Crippen LogP contribution in [0.2, 0.25) is 0 Å². The van der Waals surface area contributed by atoms with Crippen LogP contribution in [0.1, 0.15) is 37.6 Å². The third-order valence-electron chi connectivity index (χ3n) is 3.46. The molecular formula is C19H24N2O2. The highest BCUT2D eigenvalue weighted by Crippen LogP contribution is 2.18. The third-order valence-corrected chi connectivity index (χ3v) is 3.46. The SMILES string of the molecule is CC(C)(C)CC(=O)NCCNC(=O)c1cccc2ccccc12. The van der Waals surface area contributed by atoms with Gasteiger partial charge in [0.25, 0.3) is 5.91 Å². The lowest BCUT2D eigenvalue weighted by atomic mass is 9.92. The Balaban J connectivity index is 1.87. The fourth-order valence-electron chi connectivity index (χ4n) is 2.44. The number of amides is 2. The summed E-state index contributed by atoms with van der Waals surface area (Å²) in [7, 11) is 0. The minimum absolute atomic E-state index is 0.0110. The molecule has 4 nitrogen and oxygen atoms in total. The van der Waals surface area contributed by atoms with Crippen LogP contribution in [0.15, 0.2) is 42.5 Å². The molecule has 0 atom stereocenters. The van der Waals surface area contributed by atoms with Gasteiger partial charge in [-0.1, -0.05) is 57.2 Å². The Morgan fingerprint density at radius 3 is 2.30 bits per heavy atom. The molecule has 2 aromatic carbocycles. The Hall–Kier alpha value is -2.36. The van der Waals surface area contributed by atoms with Crippen molar-refractivity contribution in [3.05, 3.63) is 48.0 Å². The van der Waals surface area contributed by atoms with Gasteiger partial charge in [-0.2, -0.15) is 0 Å². The molecule has 0 unspecified atom stereocenters. The van der Waals surface area contributed by atoms with E-state index in [-0.39, 0.29) is 17.2 Å². The van der Waals surface area contributed by atoms with Crippen LogP contribution in [0, 0.1) is 5.41 Å². The molecule has 122 valence electrons. The van der Waals surface area contributed by atoms with Gasteiger partial charge in [0.05, 0.1) is 0 Å². The lowest BCUT2D eigenvalue weighted by Gasteiger charge is -2.17. The lowest BCUT2D eigenvalue weighted by Crippen LogP contribution is -2.36. The van der Waals surface area contributed by atoms with Crippen molar-refractivity contribution in [3.8, 4) is 0 Å². The number of carbonyl (C=O) groups is 2. The van der Waals surface area contributed by atoms with E-state index in [2.05, 4.69) is 10.6 Å². The first-order valence-electron chi connectivity index (χ1n) is 7.89.